The fourth-order valence-electron chi connectivity index (χ4n) is 3.76. The average molecular weight is 365 g/mol. The lowest BCUT2D eigenvalue weighted by molar-refractivity contribution is 0.0696. The molecule has 7 heteroatoms. The van der Waals surface area contributed by atoms with Crippen LogP contribution in [0.25, 0.3) is 11.3 Å². The molecule has 0 unspecified atom stereocenters. The molecule has 0 radical (unpaired) electrons. The lowest BCUT2D eigenvalue weighted by Gasteiger charge is -2.31. The predicted octanol–water partition coefficient (Wildman–Crippen LogP) is 3.11. The molecule has 3 aromatic heterocycles. The van der Waals surface area contributed by atoms with Crippen molar-refractivity contribution in [2.75, 3.05) is 13.1 Å². The molecule has 0 spiro atoms. The van der Waals surface area contributed by atoms with Crippen molar-refractivity contribution in [2.24, 2.45) is 7.05 Å². The number of hydrogen-bond donors (Lipinski definition) is 0. The van der Waals surface area contributed by atoms with E-state index in [0.717, 1.165) is 41.2 Å². The fourth-order valence-corrected chi connectivity index (χ4v) is 3.76. The van der Waals surface area contributed by atoms with Gasteiger partial charge in [-0.2, -0.15) is 0 Å². The highest BCUT2D eigenvalue weighted by molar-refractivity contribution is 5.90. The number of pyridine rings is 1. The summed E-state index contributed by atoms with van der Waals surface area (Å²) in [7, 11) is 1.84. The van der Waals surface area contributed by atoms with Gasteiger partial charge in [0.1, 0.15) is 5.76 Å². The quantitative estimate of drug-likeness (QED) is 0.713. The number of imidazole rings is 1. The Kier molecular flexibility index (Phi) is 4.51. The number of piperidine rings is 1. The van der Waals surface area contributed by atoms with Gasteiger partial charge in [0.2, 0.25) is 0 Å². The van der Waals surface area contributed by atoms with E-state index in [1.165, 1.54) is 0 Å². The summed E-state index contributed by atoms with van der Waals surface area (Å²) in [5.74, 6) is 1.62. The molecule has 27 heavy (non-hydrogen) atoms. The summed E-state index contributed by atoms with van der Waals surface area (Å²) in [6, 6.07) is 6.10. The standard InChI is InChI=1S/C20H23N5O2/c1-13-18(14(2)27-23-13)17-6-4-5-16(22-17)15-7-10-25(11-8-15)20(26)19-21-9-12-24(19)3/h4-6,9,12,15H,7-8,10-11H2,1-3H3. The lowest BCUT2D eigenvalue weighted by Crippen LogP contribution is -2.39. The molecular weight excluding hydrogens is 342 g/mol. The number of aromatic nitrogens is 4. The Hall–Kier alpha value is -2.96. The summed E-state index contributed by atoms with van der Waals surface area (Å²) in [5, 5.41) is 4.03. The van der Waals surface area contributed by atoms with Gasteiger partial charge in [-0.05, 0) is 38.8 Å². The molecule has 7 nitrogen and oxygen atoms in total. The van der Waals surface area contributed by atoms with Crippen molar-refractivity contribution in [3.8, 4) is 11.3 Å². The van der Waals surface area contributed by atoms with E-state index in [1.54, 1.807) is 17.0 Å². The maximum absolute atomic E-state index is 12.6. The van der Waals surface area contributed by atoms with Gasteiger partial charge in [-0.15, -0.1) is 0 Å². The van der Waals surface area contributed by atoms with E-state index in [-0.39, 0.29) is 5.91 Å². The maximum atomic E-state index is 12.6. The summed E-state index contributed by atoms with van der Waals surface area (Å²) in [6.45, 7) is 5.27. The molecule has 1 aliphatic rings. The van der Waals surface area contributed by atoms with Crippen molar-refractivity contribution in [3.63, 3.8) is 0 Å². The minimum atomic E-state index is -0.00150. The highest BCUT2D eigenvalue weighted by Crippen LogP contribution is 2.31. The van der Waals surface area contributed by atoms with Crippen LogP contribution < -0.4 is 0 Å². The first-order valence-corrected chi connectivity index (χ1v) is 9.21. The van der Waals surface area contributed by atoms with Gasteiger partial charge in [0.05, 0.1) is 17.0 Å². The second kappa shape index (κ2) is 6.98. The van der Waals surface area contributed by atoms with E-state index < -0.39 is 0 Å². The molecule has 0 atom stereocenters. The molecule has 1 aliphatic heterocycles. The number of nitrogens with zero attached hydrogens (tertiary/aromatic N) is 5. The first-order valence-electron chi connectivity index (χ1n) is 9.21. The Labute approximate surface area is 158 Å². The van der Waals surface area contributed by atoms with Crippen LogP contribution >= 0.6 is 0 Å². The van der Waals surface area contributed by atoms with Gasteiger partial charge in [0.25, 0.3) is 5.91 Å². The zero-order valence-electron chi connectivity index (χ0n) is 15.8. The average Bonchev–Trinajstić information content (AvgIpc) is 3.26. The summed E-state index contributed by atoms with van der Waals surface area (Å²) >= 11 is 0. The van der Waals surface area contributed by atoms with Crippen LogP contribution in [0.5, 0.6) is 0 Å². The summed E-state index contributed by atoms with van der Waals surface area (Å²) in [5.41, 5.74) is 3.79. The Morgan fingerprint density at radius 3 is 2.63 bits per heavy atom. The third-order valence-corrected chi connectivity index (χ3v) is 5.27. The normalized spacial score (nSPS) is 15.3. The Balaban J connectivity index is 1.48. The molecule has 0 aromatic carbocycles. The van der Waals surface area contributed by atoms with Crippen LogP contribution in [0.2, 0.25) is 0 Å². The van der Waals surface area contributed by atoms with Crippen LogP contribution in [0.15, 0.2) is 35.1 Å². The van der Waals surface area contributed by atoms with E-state index in [2.05, 4.69) is 16.2 Å². The molecule has 140 valence electrons. The summed E-state index contributed by atoms with van der Waals surface area (Å²) in [4.78, 5) is 23.5. The highest BCUT2D eigenvalue weighted by atomic mass is 16.5. The van der Waals surface area contributed by atoms with Crippen LogP contribution in [0.1, 0.15) is 46.5 Å². The van der Waals surface area contributed by atoms with Crippen molar-refractivity contribution in [2.45, 2.75) is 32.6 Å². The minimum absolute atomic E-state index is 0.00150. The smallest absolute Gasteiger partial charge is 0.289 e. The topological polar surface area (TPSA) is 77.0 Å². The molecule has 0 saturated carbocycles. The molecule has 1 fully saturated rings. The second-order valence-electron chi connectivity index (χ2n) is 7.08. The highest BCUT2D eigenvalue weighted by Gasteiger charge is 2.27. The lowest BCUT2D eigenvalue weighted by atomic mass is 9.92. The van der Waals surface area contributed by atoms with Crippen LogP contribution in [0, 0.1) is 13.8 Å². The van der Waals surface area contributed by atoms with E-state index in [9.17, 15) is 4.79 Å². The number of carbonyl (C=O) groups is 1. The van der Waals surface area contributed by atoms with Gasteiger partial charge in [0.15, 0.2) is 5.82 Å². The van der Waals surface area contributed by atoms with Gasteiger partial charge in [-0.3, -0.25) is 9.78 Å². The largest absolute Gasteiger partial charge is 0.361 e. The third kappa shape index (κ3) is 3.25. The minimum Gasteiger partial charge on any atom is -0.361 e. The Morgan fingerprint density at radius 2 is 2.00 bits per heavy atom. The first-order chi connectivity index (χ1) is 13.0. The maximum Gasteiger partial charge on any atom is 0.289 e. The van der Waals surface area contributed by atoms with Crippen LogP contribution in [0.4, 0.5) is 0 Å². The second-order valence-corrected chi connectivity index (χ2v) is 7.08. The van der Waals surface area contributed by atoms with Crippen molar-refractivity contribution in [3.05, 3.63) is 53.6 Å². The third-order valence-electron chi connectivity index (χ3n) is 5.27. The number of aryl methyl sites for hydroxylation is 3. The predicted molar refractivity (Wildman–Crippen MR) is 100 cm³/mol. The van der Waals surface area contributed by atoms with Crippen molar-refractivity contribution >= 4 is 5.91 Å². The van der Waals surface area contributed by atoms with Gasteiger partial charge in [-0.1, -0.05) is 11.2 Å². The molecule has 4 rings (SSSR count). The Bertz CT molecular complexity index is 947. The van der Waals surface area contributed by atoms with Gasteiger partial charge in [0, 0.05) is 44.1 Å². The molecule has 0 N–H and O–H groups in total. The zero-order chi connectivity index (χ0) is 19.0. The molecule has 4 heterocycles. The fraction of sp³-hybridized carbons (Fsp3) is 0.400. The van der Waals surface area contributed by atoms with Crippen molar-refractivity contribution in [1.82, 2.24) is 24.6 Å². The molecular formula is C20H23N5O2. The van der Waals surface area contributed by atoms with Crippen molar-refractivity contribution < 1.29 is 9.32 Å². The van der Waals surface area contributed by atoms with Crippen LogP contribution in [-0.4, -0.2) is 43.6 Å². The van der Waals surface area contributed by atoms with Gasteiger partial charge < -0.3 is 14.0 Å². The van der Waals surface area contributed by atoms with Crippen molar-refractivity contribution in [1.29, 1.82) is 0 Å². The van der Waals surface area contributed by atoms with E-state index in [1.807, 2.05) is 37.9 Å². The van der Waals surface area contributed by atoms with E-state index >= 15 is 0 Å². The first kappa shape index (κ1) is 17.5. The van der Waals surface area contributed by atoms with Gasteiger partial charge >= 0.3 is 0 Å². The zero-order valence-corrected chi connectivity index (χ0v) is 15.8. The molecule has 0 bridgehead atoms. The van der Waals surface area contributed by atoms with Crippen LogP contribution in [-0.2, 0) is 7.05 Å². The molecule has 0 aliphatic carbocycles. The number of carbonyl (C=O) groups excluding carboxylic acids is 1. The monoisotopic (exact) mass is 365 g/mol. The van der Waals surface area contributed by atoms with Crippen LogP contribution in [0.3, 0.4) is 0 Å². The van der Waals surface area contributed by atoms with E-state index in [0.29, 0.717) is 24.8 Å². The molecule has 1 saturated heterocycles. The summed E-state index contributed by atoms with van der Waals surface area (Å²) < 4.78 is 7.05. The molecule has 3 aromatic rings. The number of rotatable bonds is 3. The van der Waals surface area contributed by atoms with Gasteiger partial charge in [-0.25, -0.2) is 4.98 Å². The van der Waals surface area contributed by atoms with E-state index in [4.69, 9.17) is 9.51 Å². The molecule has 1 amide bonds. The number of hydrogen-bond acceptors (Lipinski definition) is 5. The Morgan fingerprint density at radius 1 is 1.22 bits per heavy atom. The number of amides is 1. The SMILES string of the molecule is Cc1noc(C)c1-c1cccc(C2CCN(C(=O)c3nccn3C)CC2)n1. The number of likely N-dealkylation sites (tertiary alicyclic amines) is 1. The summed E-state index contributed by atoms with van der Waals surface area (Å²) in [6.07, 6.45) is 5.25.